The molecule has 0 saturated carbocycles. The van der Waals surface area contributed by atoms with Gasteiger partial charge < -0.3 is 15.2 Å². The molecule has 1 saturated heterocycles. The number of benzene rings is 2. The lowest BCUT2D eigenvalue weighted by molar-refractivity contribution is -0.119. The van der Waals surface area contributed by atoms with E-state index in [1.54, 1.807) is 6.07 Å². The number of likely N-dealkylation sites (tertiary alicyclic amines) is 1. The molecule has 1 heterocycles. The van der Waals surface area contributed by atoms with Crippen molar-refractivity contribution in [3.63, 3.8) is 0 Å². The lowest BCUT2D eigenvalue weighted by Gasteiger charge is -2.38. The minimum absolute atomic E-state index is 0.122. The Kier molecular flexibility index (Phi) is 7.01. The Balaban J connectivity index is 1.57. The number of piperidine rings is 1. The third-order valence-corrected chi connectivity index (χ3v) is 5.99. The first kappa shape index (κ1) is 22.5. The summed E-state index contributed by atoms with van der Waals surface area (Å²) < 4.78 is 19.3. The monoisotopic (exact) mass is 434 g/mol. The predicted molar refractivity (Wildman–Crippen MR) is 117 cm³/mol. The van der Waals surface area contributed by atoms with Crippen molar-refractivity contribution in [2.45, 2.75) is 39.2 Å². The highest BCUT2D eigenvalue weighted by Crippen LogP contribution is 2.28. The van der Waals surface area contributed by atoms with E-state index in [0.29, 0.717) is 36.0 Å². The van der Waals surface area contributed by atoms with Gasteiger partial charge in [0.15, 0.2) is 0 Å². The van der Waals surface area contributed by atoms with E-state index in [2.05, 4.69) is 5.32 Å². The SMILES string of the molecule is Cc1ccc(F)cc1NC(=O)CN1CCCC(O)(COc2cc(C)c(Cl)c(C)c2)C1. The lowest BCUT2D eigenvalue weighted by Crippen LogP contribution is -2.53. The molecule has 162 valence electrons. The second kappa shape index (κ2) is 9.33. The zero-order valence-electron chi connectivity index (χ0n) is 17.6. The van der Waals surface area contributed by atoms with Crippen molar-refractivity contribution in [3.05, 3.63) is 57.9 Å². The van der Waals surface area contributed by atoms with Crippen LogP contribution in [0.3, 0.4) is 0 Å². The first-order valence-electron chi connectivity index (χ1n) is 10.1. The Morgan fingerprint density at radius 3 is 2.63 bits per heavy atom. The third kappa shape index (κ3) is 5.72. The van der Waals surface area contributed by atoms with Crippen molar-refractivity contribution in [2.75, 3.05) is 31.6 Å². The summed E-state index contributed by atoms with van der Waals surface area (Å²) in [6, 6.07) is 8.01. The van der Waals surface area contributed by atoms with Gasteiger partial charge in [-0.2, -0.15) is 0 Å². The molecule has 2 N–H and O–H groups in total. The maximum absolute atomic E-state index is 13.4. The highest BCUT2D eigenvalue weighted by Gasteiger charge is 2.35. The standard InChI is InChI=1S/C23H28ClFN2O3/c1-15-5-6-18(25)11-20(15)26-21(28)12-27-8-4-7-23(29,13-27)14-30-19-9-16(2)22(24)17(3)10-19/h5-6,9-11,29H,4,7-8,12-14H2,1-3H3,(H,26,28). The van der Waals surface area contributed by atoms with E-state index in [0.717, 1.165) is 23.1 Å². The number of nitrogens with zero attached hydrogens (tertiary/aromatic N) is 1. The number of aliphatic hydroxyl groups is 1. The molecule has 0 spiro atoms. The molecule has 1 unspecified atom stereocenters. The van der Waals surface area contributed by atoms with Gasteiger partial charge in [0, 0.05) is 17.3 Å². The van der Waals surface area contributed by atoms with E-state index in [9.17, 15) is 14.3 Å². The highest BCUT2D eigenvalue weighted by atomic mass is 35.5. The molecule has 1 amide bonds. The molecule has 1 fully saturated rings. The molecule has 0 aliphatic carbocycles. The number of ether oxygens (including phenoxy) is 1. The second-order valence-electron chi connectivity index (χ2n) is 8.21. The van der Waals surface area contributed by atoms with Crippen LogP contribution >= 0.6 is 11.6 Å². The molecule has 1 atom stereocenters. The summed E-state index contributed by atoms with van der Waals surface area (Å²) in [7, 11) is 0. The number of carbonyl (C=O) groups is 1. The van der Waals surface area contributed by atoms with Gasteiger partial charge in [0.25, 0.3) is 0 Å². The summed E-state index contributed by atoms with van der Waals surface area (Å²) in [5.74, 6) is 0.0326. The summed E-state index contributed by atoms with van der Waals surface area (Å²) in [4.78, 5) is 14.3. The number of halogens is 2. The maximum atomic E-state index is 13.4. The van der Waals surface area contributed by atoms with Gasteiger partial charge in [0.05, 0.1) is 6.54 Å². The number of rotatable bonds is 6. The number of aryl methyl sites for hydroxylation is 3. The number of hydrogen-bond donors (Lipinski definition) is 2. The number of anilines is 1. The first-order chi connectivity index (χ1) is 14.1. The van der Waals surface area contributed by atoms with E-state index in [1.165, 1.54) is 12.1 Å². The van der Waals surface area contributed by atoms with E-state index in [-0.39, 0.29) is 19.1 Å². The van der Waals surface area contributed by atoms with Crippen molar-refractivity contribution < 1.29 is 19.0 Å². The van der Waals surface area contributed by atoms with Gasteiger partial charge in [0.2, 0.25) is 5.91 Å². The van der Waals surface area contributed by atoms with Gasteiger partial charge in [-0.3, -0.25) is 9.69 Å². The Labute approximate surface area is 181 Å². The van der Waals surface area contributed by atoms with Gasteiger partial charge in [-0.15, -0.1) is 0 Å². The minimum Gasteiger partial charge on any atom is -0.491 e. The van der Waals surface area contributed by atoms with Gasteiger partial charge in [-0.05, 0) is 81.1 Å². The van der Waals surface area contributed by atoms with Gasteiger partial charge in [0.1, 0.15) is 23.8 Å². The van der Waals surface area contributed by atoms with E-state index >= 15 is 0 Å². The Hall–Kier alpha value is -2.15. The van der Waals surface area contributed by atoms with Crippen LogP contribution in [0.2, 0.25) is 5.02 Å². The summed E-state index contributed by atoms with van der Waals surface area (Å²) in [6.07, 6.45) is 1.35. The molecule has 2 aromatic rings. The molecule has 5 nitrogen and oxygen atoms in total. The topological polar surface area (TPSA) is 61.8 Å². The largest absolute Gasteiger partial charge is 0.491 e. The average molecular weight is 435 g/mol. The molecule has 7 heteroatoms. The van der Waals surface area contributed by atoms with Crippen LogP contribution in [0.5, 0.6) is 5.75 Å². The summed E-state index contributed by atoms with van der Waals surface area (Å²) in [5, 5.41) is 14.5. The second-order valence-corrected chi connectivity index (χ2v) is 8.58. The fraction of sp³-hybridized carbons (Fsp3) is 0.435. The number of amides is 1. The number of hydrogen-bond acceptors (Lipinski definition) is 4. The minimum atomic E-state index is -1.05. The fourth-order valence-electron chi connectivity index (χ4n) is 3.79. The van der Waals surface area contributed by atoms with Crippen molar-refractivity contribution >= 4 is 23.2 Å². The van der Waals surface area contributed by atoms with Crippen LogP contribution in [0.4, 0.5) is 10.1 Å². The normalized spacial score (nSPS) is 19.5. The van der Waals surface area contributed by atoms with E-state index < -0.39 is 11.4 Å². The number of nitrogens with one attached hydrogen (secondary N) is 1. The summed E-state index contributed by atoms with van der Waals surface area (Å²) in [6.45, 7) is 6.93. The van der Waals surface area contributed by atoms with Crippen LogP contribution in [-0.4, -0.2) is 47.8 Å². The molecule has 30 heavy (non-hydrogen) atoms. The number of β-amino-alcohol motifs (C(OH)–C–C–N with tert-alkyl or cyclic N) is 1. The van der Waals surface area contributed by atoms with Gasteiger partial charge in [-0.1, -0.05) is 17.7 Å². The Morgan fingerprint density at radius 1 is 1.23 bits per heavy atom. The van der Waals surface area contributed by atoms with Crippen molar-refractivity contribution in [2.24, 2.45) is 0 Å². The smallest absolute Gasteiger partial charge is 0.238 e. The molecule has 1 aliphatic rings. The zero-order chi connectivity index (χ0) is 21.9. The van der Waals surface area contributed by atoms with Gasteiger partial charge >= 0.3 is 0 Å². The molecule has 2 aromatic carbocycles. The van der Waals surface area contributed by atoms with Crippen LogP contribution in [0.15, 0.2) is 30.3 Å². The quantitative estimate of drug-likeness (QED) is 0.713. The highest BCUT2D eigenvalue weighted by molar-refractivity contribution is 6.32. The average Bonchev–Trinajstić information content (AvgIpc) is 2.67. The molecule has 3 rings (SSSR count). The third-order valence-electron chi connectivity index (χ3n) is 5.39. The molecule has 0 radical (unpaired) electrons. The van der Waals surface area contributed by atoms with Crippen LogP contribution in [-0.2, 0) is 4.79 Å². The molecule has 0 bridgehead atoms. The predicted octanol–water partition coefficient (Wildman–Crippen LogP) is 4.25. The van der Waals surface area contributed by atoms with Crippen molar-refractivity contribution in [1.82, 2.24) is 4.90 Å². The lowest BCUT2D eigenvalue weighted by atomic mass is 9.93. The van der Waals surface area contributed by atoms with Crippen LogP contribution in [0, 0.1) is 26.6 Å². The fourth-order valence-corrected chi connectivity index (χ4v) is 3.90. The summed E-state index contributed by atoms with van der Waals surface area (Å²) >= 11 is 6.20. The molecular formula is C23H28ClFN2O3. The van der Waals surface area contributed by atoms with Crippen LogP contribution in [0.1, 0.15) is 29.5 Å². The summed E-state index contributed by atoms with van der Waals surface area (Å²) in [5.41, 5.74) is 2.06. The van der Waals surface area contributed by atoms with Gasteiger partial charge in [-0.25, -0.2) is 4.39 Å². The zero-order valence-corrected chi connectivity index (χ0v) is 18.4. The van der Waals surface area contributed by atoms with Crippen LogP contribution in [0.25, 0.3) is 0 Å². The molecule has 0 aromatic heterocycles. The Bertz CT molecular complexity index is 914. The first-order valence-corrected chi connectivity index (χ1v) is 10.4. The Morgan fingerprint density at radius 2 is 1.93 bits per heavy atom. The van der Waals surface area contributed by atoms with Crippen molar-refractivity contribution in [3.8, 4) is 5.75 Å². The van der Waals surface area contributed by atoms with Crippen LogP contribution < -0.4 is 10.1 Å². The number of carbonyl (C=O) groups excluding carboxylic acids is 1. The maximum Gasteiger partial charge on any atom is 0.238 e. The van der Waals surface area contributed by atoms with Crippen molar-refractivity contribution in [1.29, 1.82) is 0 Å². The van der Waals surface area contributed by atoms with E-state index in [4.69, 9.17) is 16.3 Å². The molecule has 1 aliphatic heterocycles. The van der Waals surface area contributed by atoms with E-state index in [1.807, 2.05) is 37.8 Å². The molecular weight excluding hydrogens is 407 g/mol.